The molecule has 1 unspecified atom stereocenters. The van der Waals surface area contributed by atoms with Crippen LogP contribution in [0.1, 0.15) is 37.9 Å². The van der Waals surface area contributed by atoms with Crippen LogP contribution in [0.4, 0.5) is 5.82 Å². The van der Waals surface area contributed by atoms with Crippen LogP contribution in [0.2, 0.25) is 0 Å². The number of anilines is 1. The van der Waals surface area contributed by atoms with Crippen molar-refractivity contribution in [2.24, 2.45) is 0 Å². The van der Waals surface area contributed by atoms with Crippen LogP contribution in [-0.2, 0) is 0 Å². The Labute approximate surface area is 102 Å². The number of aliphatic hydroxyl groups excluding tert-OH is 2. The van der Waals surface area contributed by atoms with E-state index in [4.69, 9.17) is 0 Å². The van der Waals surface area contributed by atoms with Crippen LogP contribution in [0.3, 0.4) is 0 Å². The maximum atomic E-state index is 9.57. The minimum absolute atomic E-state index is 0.167. The molecule has 4 heteroatoms. The van der Waals surface area contributed by atoms with Gasteiger partial charge in [-0.25, -0.2) is 4.98 Å². The molecule has 1 aromatic heterocycles. The number of piperidine rings is 1. The van der Waals surface area contributed by atoms with E-state index in [9.17, 15) is 10.2 Å². The smallest absolute Gasteiger partial charge is 0.129 e. The molecule has 17 heavy (non-hydrogen) atoms. The highest BCUT2D eigenvalue weighted by Crippen LogP contribution is 2.24. The molecule has 2 rings (SSSR count). The van der Waals surface area contributed by atoms with Crippen LogP contribution in [0.15, 0.2) is 18.3 Å². The van der Waals surface area contributed by atoms with Crippen molar-refractivity contribution in [2.75, 3.05) is 18.1 Å². The van der Waals surface area contributed by atoms with Crippen LogP contribution < -0.4 is 4.90 Å². The van der Waals surface area contributed by atoms with Crippen molar-refractivity contribution < 1.29 is 10.2 Å². The molecular weight excluding hydrogens is 216 g/mol. The zero-order chi connectivity index (χ0) is 12.3. The van der Waals surface area contributed by atoms with Crippen molar-refractivity contribution in [3.05, 3.63) is 23.9 Å². The van der Waals surface area contributed by atoms with Gasteiger partial charge in [0, 0.05) is 12.7 Å². The number of nitrogens with zero attached hydrogens (tertiary/aromatic N) is 2. The summed E-state index contributed by atoms with van der Waals surface area (Å²) in [7, 11) is 0. The Bertz CT molecular complexity index is 368. The number of aromatic nitrogens is 1. The van der Waals surface area contributed by atoms with Gasteiger partial charge in [-0.15, -0.1) is 0 Å². The molecule has 0 aromatic carbocycles. The second kappa shape index (κ2) is 5.47. The quantitative estimate of drug-likeness (QED) is 0.834. The molecule has 2 N–H and O–H groups in total. The maximum absolute atomic E-state index is 9.57. The maximum Gasteiger partial charge on any atom is 0.129 e. The van der Waals surface area contributed by atoms with Crippen molar-refractivity contribution in [2.45, 2.75) is 38.3 Å². The van der Waals surface area contributed by atoms with Gasteiger partial charge in [0.1, 0.15) is 5.82 Å². The molecule has 2 heterocycles. The molecule has 2 atom stereocenters. The first-order chi connectivity index (χ1) is 8.22. The highest BCUT2D eigenvalue weighted by molar-refractivity contribution is 5.43. The predicted molar refractivity (Wildman–Crippen MR) is 66.9 cm³/mol. The molecule has 94 valence electrons. The fourth-order valence-electron chi connectivity index (χ4n) is 2.34. The van der Waals surface area contributed by atoms with E-state index in [1.807, 2.05) is 12.1 Å². The van der Waals surface area contributed by atoms with E-state index in [0.717, 1.165) is 37.2 Å². The van der Waals surface area contributed by atoms with Gasteiger partial charge in [0.15, 0.2) is 0 Å². The second-order valence-electron chi connectivity index (χ2n) is 4.65. The van der Waals surface area contributed by atoms with E-state index in [-0.39, 0.29) is 12.6 Å². The van der Waals surface area contributed by atoms with Crippen molar-refractivity contribution in [1.82, 2.24) is 4.98 Å². The molecule has 0 saturated carbocycles. The zero-order valence-electron chi connectivity index (χ0n) is 10.2. The van der Waals surface area contributed by atoms with E-state index < -0.39 is 6.10 Å². The molecule has 0 bridgehead atoms. The summed E-state index contributed by atoms with van der Waals surface area (Å²) in [6.45, 7) is 2.85. The molecular formula is C13H20N2O2. The molecule has 1 aliphatic rings. The van der Waals surface area contributed by atoms with Gasteiger partial charge in [0.2, 0.25) is 0 Å². The van der Waals surface area contributed by atoms with Crippen molar-refractivity contribution >= 4 is 5.82 Å². The Morgan fingerprint density at radius 1 is 1.53 bits per heavy atom. The van der Waals surface area contributed by atoms with Crippen LogP contribution in [-0.4, -0.2) is 34.4 Å². The summed E-state index contributed by atoms with van der Waals surface area (Å²) in [5.74, 6) is 0.863. The summed E-state index contributed by atoms with van der Waals surface area (Å²) in [6.07, 6.45) is 4.56. The van der Waals surface area contributed by atoms with Gasteiger partial charge < -0.3 is 15.1 Å². The molecule has 4 nitrogen and oxygen atoms in total. The van der Waals surface area contributed by atoms with Gasteiger partial charge >= 0.3 is 0 Å². The van der Waals surface area contributed by atoms with E-state index in [0.29, 0.717) is 0 Å². The Morgan fingerprint density at radius 2 is 2.35 bits per heavy atom. The van der Waals surface area contributed by atoms with Gasteiger partial charge in [0.05, 0.1) is 18.8 Å². The van der Waals surface area contributed by atoms with Crippen molar-refractivity contribution in [3.63, 3.8) is 0 Å². The predicted octanol–water partition coefficient (Wildman–Crippen LogP) is 1.49. The largest absolute Gasteiger partial charge is 0.394 e. The summed E-state index contributed by atoms with van der Waals surface area (Å²) in [4.78, 5) is 6.50. The van der Waals surface area contributed by atoms with E-state index in [2.05, 4.69) is 9.88 Å². The van der Waals surface area contributed by atoms with Crippen LogP contribution in [0, 0.1) is 0 Å². The molecule has 0 spiro atoms. The zero-order valence-corrected chi connectivity index (χ0v) is 10.2. The molecule has 1 aliphatic heterocycles. The molecule has 1 aromatic rings. The molecule has 0 aliphatic carbocycles. The molecule has 1 fully saturated rings. The van der Waals surface area contributed by atoms with Crippen LogP contribution in [0.5, 0.6) is 0 Å². The highest BCUT2D eigenvalue weighted by Gasteiger charge is 2.23. The summed E-state index contributed by atoms with van der Waals surface area (Å²) in [6, 6.07) is 3.91. The van der Waals surface area contributed by atoms with Gasteiger partial charge in [-0.05, 0) is 43.9 Å². The Kier molecular flexibility index (Phi) is 3.97. The van der Waals surface area contributed by atoms with Crippen molar-refractivity contribution in [1.29, 1.82) is 0 Å². The average molecular weight is 236 g/mol. The second-order valence-corrected chi connectivity index (χ2v) is 4.65. The average Bonchev–Trinajstić information content (AvgIpc) is 2.39. The van der Waals surface area contributed by atoms with E-state index >= 15 is 0 Å². The first kappa shape index (κ1) is 12.3. The number of pyridine rings is 1. The summed E-state index contributed by atoms with van der Waals surface area (Å²) in [5.41, 5.74) is 0.872. The molecule has 1 saturated heterocycles. The first-order valence-corrected chi connectivity index (χ1v) is 6.24. The number of hydrogen-bond acceptors (Lipinski definition) is 4. The minimum Gasteiger partial charge on any atom is -0.394 e. The van der Waals surface area contributed by atoms with Gasteiger partial charge in [-0.3, -0.25) is 0 Å². The monoisotopic (exact) mass is 236 g/mol. The van der Waals surface area contributed by atoms with Gasteiger partial charge in [-0.2, -0.15) is 0 Å². The third kappa shape index (κ3) is 2.76. The lowest BCUT2D eigenvalue weighted by molar-refractivity contribution is 0.199. The summed E-state index contributed by atoms with van der Waals surface area (Å²) < 4.78 is 0. The van der Waals surface area contributed by atoms with Gasteiger partial charge in [0.25, 0.3) is 0 Å². The normalized spacial score (nSPS) is 22.5. The Balaban J connectivity index is 2.22. The lowest BCUT2D eigenvalue weighted by atomic mass is 10.0. The number of aliphatic hydroxyl groups is 2. The highest BCUT2D eigenvalue weighted by atomic mass is 16.3. The molecule has 0 radical (unpaired) electrons. The SMILES string of the molecule is C[C@@H](O)c1ccnc(N2CCCCC2CO)c1. The van der Waals surface area contributed by atoms with Crippen LogP contribution in [0.25, 0.3) is 0 Å². The molecule has 0 amide bonds. The fraction of sp³-hybridized carbons (Fsp3) is 0.615. The minimum atomic E-state index is -0.478. The van der Waals surface area contributed by atoms with Crippen LogP contribution >= 0.6 is 0 Å². The first-order valence-electron chi connectivity index (χ1n) is 6.24. The number of rotatable bonds is 3. The van der Waals surface area contributed by atoms with E-state index in [1.165, 1.54) is 0 Å². The summed E-state index contributed by atoms with van der Waals surface area (Å²) in [5, 5.41) is 19.0. The third-order valence-electron chi connectivity index (χ3n) is 3.38. The summed E-state index contributed by atoms with van der Waals surface area (Å²) >= 11 is 0. The lowest BCUT2D eigenvalue weighted by Crippen LogP contribution is -2.42. The third-order valence-corrected chi connectivity index (χ3v) is 3.38. The topological polar surface area (TPSA) is 56.6 Å². The van der Waals surface area contributed by atoms with E-state index in [1.54, 1.807) is 13.1 Å². The fourth-order valence-corrected chi connectivity index (χ4v) is 2.34. The van der Waals surface area contributed by atoms with Crippen molar-refractivity contribution in [3.8, 4) is 0 Å². The standard InChI is InChI=1S/C13H20N2O2/c1-10(17)11-5-6-14-13(8-11)15-7-3-2-4-12(15)9-16/h5-6,8,10,12,16-17H,2-4,7,9H2,1H3/t10-,12?/m1/s1. The van der Waals surface area contributed by atoms with Gasteiger partial charge in [-0.1, -0.05) is 0 Å². The number of hydrogen-bond donors (Lipinski definition) is 2. The Hall–Kier alpha value is -1.13. The Morgan fingerprint density at radius 3 is 3.06 bits per heavy atom. The lowest BCUT2D eigenvalue weighted by Gasteiger charge is -2.35.